The second kappa shape index (κ2) is 9.87. The maximum Gasteiger partial charge on any atom is 0.227 e. The van der Waals surface area contributed by atoms with E-state index in [0.717, 1.165) is 56.1 Å². The molecule has 2 heterocycles. The molecule has 1 saturated heterocycles. The number of carbonyl (C=O) groups is 1. The molecule has 0 aromatic carbocycles. The highest BCUT2D eigenvalue weighted by atomic mass is 32.1. The van der Waals surface area contributed by atoms with Gasteiger partial charge in [-0.1, -0.05) is 6.92 Å². The number of guanidine groups is 1. The molecule has 1 aliphatic heterocycles. The maximum atomic E-state index is 12.2. The Labute approximate surface area is 166 Å². The molecule has 0 radical (unpaired) electrons. The summed E-state index contributed by atoms with van der Waals surface area (Å²) >= 11 is 1.48. The highest BCUT2D eigenvalue weighted by molar-refractivity contribution is 7.09. The Morgan fingerprint density at radius 1 is 1.15 bits per heavy atom. The van der Waals surface area contributed by atoms with Crippen LogP contribution < -0.4 is 15.5 Å². The SMILES string of the molecule is CCNC(=O)C(C)(C)CN=C(NCC)N1CCN(c2nc(CC)ns2)CC1. The first kappa shape index (κ1) is 21.4. The van der Waals surface area contributed by atoms with Crippen LogP contribution in [0.15, 0.2) is 4.99 Å². The number of rotatable bonds is 7. The predicted molar refractivity (Wildman–Crippen MR) is 112 cm³/mol. The van der Waals surface area contributed by atoms with E-state index in [-0.39, 0.29) is 5.91 Å². The molecule has 0 bridgehead atoms. The quantitative estimate of drug-likeness (QED) is 0.535. The molecule has 27 heavy (non-hydrogen) atoms. The third-order valence-electron chi connectivity index (χ3n) is 4.53. The predicted octanol–water partition coefficient (Wildman–Crippen LogP) is 1.35. The van der Waals surface area contributed by atoms with Crippen LogP contribution in [0.4, 0.5) is 5.13 Å². The fourth-order valence-corrected chi connectivity index (χ4v) is 3.60. The van der Waals surface area contributed by atoms with Crippen LogP contribution in [0.3, 0.4) is 0 Å². The minimum absolute atomic E-state index is 0.0393. The molecule has 1 fully saturated rings. The Morgan fingerprint density at radius 2 is 1.81 bits per heavy atom. The molecular weight excluding hydrogens is 362 g/mol. The average Bonchev–Trinajstić information content (AvgIpc) is 3.15. The third-order valence-corrected chi connectivity index (χ3v) is 5.35. The highest BCUT2D eigenvalue weighted by Gasteiger charge is 2.28. The van der Waals surface area contributed by atoms with Crippen LogP contribution in [0.1, 0.15) is 40.4 Å². The van der Waals surface area contributed by atoms with E-state index in [9.17, 15) is 4.79 Å². The Kier molecular flexibility index (Phi) is 7.82. The highest BCUT2D eigenvalue weighted by Crippen LogP contribution is 2.20. The molecule has 0 aliphatic carbocycles. The Balaban J connectivity index is 1.98. The van der Waals surface area contributed by atoms with Crippen LogP contribution >= 0.6 is 11.5 Å². The molecule has 1 aliphatic rings. The molecule has 1 amide bonds. The van der Waals surface area contributed by atoms with E-state index in [1.54, 1.807) is 0 Å². The van der Waals surface area contributed by atoms with Gasteiger partial charge in [-0.05, 0) is 27.7 Å². The number of hydrogen-bond donors (Lipinski definition) is 2. The van der Waals surface area contributed by atoms with Crippen molar-refractivity contribution in [3.63, 3.8) is 0 Å². The van der Waals surface area contributed by atoms with Gasteiger partial charge < -0.3 is 20.4 Å². The molecule has 9 heteroatoms. The lowest BCUT2D eigenvalue weighted by atomic mass is 9.92. The lowest BCUT2D eigenvalue weighted by Gasteiger charge is -2.36. The first-order chi connectivity index (χ1) is 12.9. The molecule has 2 N–H and O–H groups in total. The number of anilines is 1. The van der Waals surface area contributed by atoms with Crippen molar-refractivity contribution in [2.45, 2.75) is 41.0 Å². The summed E-state index contributed by atoms with van der Waals surface area (Å²) in [6.07, 6.45) is 0.870. The average molecular weight is 396 g/mol. The molecule has 2 rings (SSSR count). The summed E-state index contributed by atoms with van der Waals surface area (Å²) in [6, 6.07) is 0. The molecule has 0 saturated carbocycles. The van der Waals surface area contributed by atoms with E-state index in [1.165, 1.54) is 11.5 Å². The van der Waals surface area contributed by atoms with E-state index in [2.05, 4.69) is 43.6 Å². The molecule has 8 nitrogen and oxygen atoms in total. The molecule has 1 aromatic rings. The summed E-state index contributed by atoms with van der Waals surface area (Å²) in [5, 5.41) is 7.26. The Morgan fingerprint density at radius 3 is 2.37 bits per heavy atom. The van der Waals surface area contributed by atoms with Crippen LogP contribution in [0, 0.1) is 5.41 Å². The van der Waals surface area contributed by atoms with Gasteiger partial charge in [-0.3, -0.25) is 9.79 Å². The van der Waals surface area contributed by atoms with E-state index in [0.29, 0.717) is 13.1 Å². The van der Waals surface area contributed by atoms with Gasteiger partial charge in [0.25, 0.3) is 0 Å². The fraction of sp³-hybridized carbons (Fsp3) is 0.778. The summed E-state index contributed by atoms with van der Waals surface area (Å²) in [4.78, 5) is 26.1. The molecule has 152 valence electrons. The standard InChI is InChI=1S/C18H33N7OS/c1-6-14-22-17(27-23-14)25-11-9-24(10-12-25)16(20-8-3)21-13-18(4,5)15(26)19-7-2/h6-13H2,1-5H3,(H,19,26)(H,20,21). The summed E-state index contributed by atoms with van der Waals surface area (Å²) in [5.41, 5.74) is -0.526. The van der Waals surface area contributed by atoms with E-state index in [4.69, 9.17) is 4.99 Å². The van der Waals surface area contributed by atoms with Gasteiger partial charge in [0.1, 0.15) is 5.82 Å². The van der Waals surface area contributed by atoms with Crippen molar-refractivity contribution in [1.82, 2.24) is 24.9 Å². The normalized spacial score (nSPS) is 15.8. The van der Waals surface area contributed by atoms with Gasteiger partial charge in [-0.15, -0.1) is 0 Å². The minimum Gasteiger partial charge on any atom is -0.357 e. The number of aryl methyl sites for hydroxylation is 1. The number of aromatic nitrogens is 2. The maximum absolute atomic E-state index is 12.2. The van der Waals surface area contributed by atoms with Crippen molar-refractivity contribution < 1.29 is 4.79 Å². The molecular formula is C18H33N7OS. The first-order valence-corrected chi connectivity index (χ1v) is 10.6. The Hall–Kier alpha value is -1.90. The third kappa shape index (κ3) is 5.79. The summed E-state index contributed by atoms with van der Waals surface area (Å²) in [5.74, 6) is 1.83. The number of carbonyl (C=O) groups excluding carboxylic acids is 1. The number of aliphatic imine (C=N–C) groups is 1. The molecule has 0 unspecified atom stereocenters. The minimum atomic E-state index is -0.526. The van der Waals surface area contributed by atoms with Gasteiger partial charge in [-0.25, -0.2) is 4.98 Å². The van der Waals surface area contributed by atoms with Crippen LogP contribution in [0.2, 0.25) is 0 Å². The topological polar surface area (TPSA) is 85.8 Å². The number of amides is 1. The van der Waals surface area contributed by atoms with Gasteiger partial charge >= 0.3 is 0 Å². The van der Waals surface area contributed by atoms with Crippen molar-refractivity contribution in [1.29, 1.82) is 0 Å². The molecule has 0 atom stereocenters. The fourth-order valence-electron chi connectivity index (χ4n) is 2.80. The zero-order valence-corrected chi connectivity index (χ0v) is 18.0. The van der Waals surface area contributed by atoms with Gasteiger partial charge in [-0.2, -0.15) is 4.37 Å². The van der Waals surface area contributed by atoms with Gasteiger partial charge in [0.2, 0.25) is 11.0 Å². The summed E-state index contributed by atoms with van der Waals surface area (Å²) < 4.78 is 4.38. The monoisotopic (exact) mass is 395 g/mol. The number of nitrogens with zero attached hydrogens (tertiary/aromatic N) is 5. The summed E-state index contributed by atoms with van der Waals surface area (Å²) in [7, 11) is 0. The zero-order chi connectivity index (χ0) is 19.9. The van der Waals surface area contributed by atoms with Gasteiger partial charge in [0, 0.05) is 57.2 Å². The van der Waals surface area contributed by atoms with Gasteiger partial charge in [0.15, 0.2) is 5.96 Å². The van der Waals surface area contributed by atoms with Crippen LogP contribution in [-0.2, 0) is 11.2 Å². The Bertz CT molecular complexity index is 635. The lowest BCUT2D eigenvalue weighted by molar-refractivity contribution is -0.128. The summed E-state index contributed by atoms with van der Waals surface area (Å²) in [6.45, 7) is 15.4. The van der Waals surface area contributed by atoms with Crippen LogP contribution in [0.5, 0.6) is 0 Å². The number of piperazine rings is 1. The lowest BCUT2D eigenvalue weighted by Crippen LogP contribution is -2.53. The van der Waals surface area contributed by atoms with Crippen LogP contribution in [0.25, 0.3) is 0 Å². The van der Waals surface area contributed by atoms with Crippen molar-refractivity contribution in [2.24, 2.45) is 10.4 Å². The number of nitrogens with one attached hydrogen (secondary N) is 2. The van der Waals surface area contributed by atoms with Crippen molar-refractivity contribution in [3.8, 4) is 0 Å². The van der Waals surface area contributed by atoms with Gasteiger partial charge in [0.05, 0.1) is 12.0 Å². The second-order valence-electron chi connectivity index (χ2n) is 7.23. The van der Waals surface area contributed by atoms with E-state index in [1.807, 2.05) is 20.8 Å². The first-order valence-electron chi connectivity index (χ1n) is 9.80. The molecule has 1 aromatic heterocycles. The van der Waals surface area contributed by atoms with Crippen LogP contribution in [-0.4, -0.2) is 71.9 Å². The molecule has 0 spiro atoms. The van der Waals surface area contributed by atoms with E-state index >= 15 is 0 Å². The second-order valence-corrected chi connectivity index (χ2v) is 7.96. The van der Waals surface area contributed by atoms with Crippen molar-refractivity contribution >= 4 is 28.5 Å². The van der Waals surface area contributed by atoms with Crippen molar-refractivity contribution in [2.75, 3.05) is 50.7 Å². The largest absolute Gasteiger partial charge is 0.357 e. The van der Waals surface area contributed by atoms with E-state index < -0.39 is 5.41 Å². The van der Waals surface area contributed by atoms with Crippen molar-refractivity contribution in [3.05, 3.63) is 5.82 Å². The smallest absolute Gasteiger partial charge is 0.227 e. The zero-order valence-electron chi connectivity index (χ0n) is 17.2. The number of hydrogen-bond acceptors (Lipinski definition) is 6.